The normalized spacial score (nSPS) is 17.5. The van der Waals surface area contributed by atoms with Crippen molar-refractivity contribution in [3.8, 4) is 0 Å². The maximum Gasteiger partial charge on any atom is 0.263 e. The quantitative estimate of drug-likeness (QED) is 0.724. The Morgan fingerprint density at radius 3 is 2.96 bits per heavy atom. The van der Waals surface area contributed by atoms with Gasteiger partial charge in [0.15, 0.2) is 0 Å². The van der Waals surface area contributed by atoms with Crippen LogP contribution in [0.2, 0.25) is 0 Å². The van der Waals surface area contributed by atoms with Crippen molar-refractivity contribution in [3.63, 3.8) is 0 Å². The molecule has 0 unspecified atom stereocenters. The van der Waals surface area contributed by atoms with E-state index < -0.39 is 0 Å². The maximum absolute atomic E-state index is 12.0. The number of nitrogen functional groups attached to an aromatic ring is 1. The number of pyridine rings is 2. The average molecular weight is 382 g/mol. The molecule has 0 aromatic carbocycles. The van der Waals surface area contributed by atoms with E-state index in [1.807, 2.05) is 25.1 Å². The lowest BCUT2D eigenvalue weighted by Gasteiger charge is -2.23. The Morgan fingerprint density at radius 2 is 2.19 bits per heavy atom. The Morgan fingerprint density at radius 1 is 1.33 bits per heavy atom. The second-order valence-electron chi connectivity index (χ2n) is 6.91. The van der Waals surface area contributed by atoms with Crippen molar-refractivity contribution in [2.45, 2.75) is 32.4 Å². The molecule has 1 saturated heterocycles. The van der Waals surface area contributed by atoms with E-state index in [1.165, 1.54) is 11.3 Å². The minimum Gasteiger partial charge on any atom is -0.397 e. The van der Waals surface area contributed by atoms with Crippen LogP contribution in [0.25, 0.3) is 10.2 Å². The van der Waals surface area contributed by atoms with Gasteiger partial charge >= 0.3 is 0 Å². The van der Waals surface area contributed by atoms with Gasteiger partial charge in [0.1, 0.15) is 9.71 Å². The van der Waals surface area contributed by atoms with Crippen molar-refractivity contribution in [2.24, 2.45) is 0 Å². The summed E-state index contributed by atoms with van der Waals surface area (Å²) in [6.45, 7) is 3.88. The third-order valence-electron chi connectivity index (χ3n) is 5.06. The van der Waals surface area contributed by atoms with Gasteiger partial charge in [-0.1, -0.05) is 6.07 Å². The number of likely N-dealkylation sites (tertiary alicyclic amines) is 1. The number of aryl methyl sites for hydroxylation is 1. The summed E-state index contributed by atoms with van der Waals surface area (Å²) in [5.74, 6) is -0.162. The Balaban J connectivity index is 1.63. The fourth-order valence-corrected chi connectivity index (χ4v) is 4.77. The Kier molecular flexibility index (Phi) is 4.80. The van der Waals surface area contributed by atoms with Gasteiger partial charge in [0.05, 0.1) is 23.1 Å². The summed E-state index contributed by atoms with van der Waals surface area (Å²) < 4.78 is 0. The number of amides is 1. The number of thiophene rings is 1. The summed E-state index contributed by atoms with van der Waals surface area (Å²) in [5, 5.41) is 3.49. The first-order valence-corrected chi connectivity index (χ1v) is 9.96. The highest BCUT2D eigenvalue weighted by Crippen LogP contribution is 2.37. The lowest BCUT2D eigenvalue weighted by molar-refractivity contribution is 0.0968. The van der Waals surface area contributed by atoms with Crippen LogP contribution in [0.5, 0.6) is 0 Å². The molecule has 1 aliphatic rings. The number of fused-ring (bicyclic) bond motifs is 1. The standard InChI is InChI=1S/C20H23N5OS/c1-12-5-3-6-13(23-12)11-25-10-4-7-16(25)15-9-8-14-17(21)18(19(26)22-2)27-20(14)24-15/h3,5-6,8-9,16H,4,7,10-11,21H2,1-2H3,(H,22,26)/t16-/m1/s1. The molecule has 3 N–H and O–H groups in total. The Labute approximate surface area is 162 Å². The second kappa shape index (κ2) is 7.25. The van der Waals surface area contributed by atoms with Gasteiger partial charge in [0.25, 0.3) is 5.91 Å². The molecule has 0 saturated carbocycles. The molecule has 0 aliphatic carbocycles. The first-order valence-electron chi connectivity index (χ1n) is 9.14. The highest BCUT2D eigenvalue weighted by Gasteiger charge is 2.28. The third-order valence-corrected chi connectivity index (χ3v) is 6.18. The van der Waals surface area contributed by atoms with E-state index in [0.29, 0.717) is 10.6 Å². The molecule has 1 amide bonds. The fourth-order valence-electron chi connectivity index (χ4n) is 3.73. The lowest BCUT2D eigenvalue weighted by Crippen LogP contribution is -2.24. The number of carbonyl (C=O) groups excluding carboxylic acids is 1. The average Bonchev–Trinajstić information content (AvgIpc) is 3.25. The van der Waals surface area contributed by atoms with Gasteiger partial charge in [-0.25, -0.2) is 4.98 Å². The molecular formula is C20H23N5OS. The lowest BCUT2D eigenvalue weighted by atomic mass is 10.1. The van der Waals surface area contributed by atoms with E-state index in [9.17, 15) is 4.79 Å². The van der Waals surface area contributed by atoms with E-state index in [4.69, 9.17) is 10.7 Å². The molecule has 3 aromatic heterocycles. The van der Waals surface area contributed by atoms with Crippen molar-refractivity contribution in [1.82, 2.24) is 20.2 Å². The Hall–Kier alpha value is -2.51. The van der Waals surface area contributed by atoms with E-state index in [2.05, 4.69) is 27.3 Å². The number of rotatable bonds is 4. The van der Waals surface area contributed by atoms with Crippen LogP contribution in [0, 0.1) is 6.92 Å². The van der Waals surface area contributed by atoms with Gasteiger partial charge in [0.2, 0.25) is 0 Å². The fraction of sp³-hybridized carbons (Fsp3) is 0.350. The molecule has 6 nitrogen and oxygen atoms in total. The zero-order valence-electron chi connectivity index (χ0n) is 15.5. The van der Waals surface area contributed by atoms with Crippen LogP contribution in [0.15, 0.2) is 30.3 Å². The van der Waals surface area contributed by atoms with Crippen molar-refractivity contribution in [2.75, 3.05) is 19.3 Å². The van der Waals surface area contributed by atoms with Crippen molar-refractivity contribution in [1.29, 1.82) is 0 Å². The minimum absolute atomic E-state index is 0.162. The summed E-state index contributed by atoms with van der Waals surface area (Å²) in [4.78, 5) is 25.3. The molecule has 0 bridgehead atoms. The van der Waals surface area contributed by atoms with E-state index in [1.54, 1.807) is 7.05 Å². The van der Waals surface area contributed by atoms with Crippen LogP contribution in [-0.2, 0) is 6.54 Å². The SMILES string of the molecule is CNC(=O)c1sc2nc([C@H]3CCCN3Cc3cccc(C)n3)ccc2c1N. The number of nitrogens with one attached hydrogen (secondary N) is 1. The molecule has 1 aliphatic heterocycles. The van der Waals surface area contributed by atoms with Gasteiger partial charge in [0, 0.05) is 24.7 Å². The van der Waals surface area contributed by atoms with Crippen LogP contribution in [-0.4, -0.2) is 34.4 Å². The molecule has 0 spiro atoms. The van der Waals surface area contributed by atoms with E-state index in [0.717, 1.165) is 53.2 Å². The minimum atomic E-state index is -0.162. The molecule has 27 heavy (non-hydrogen) atoms. The highest BCUT2D eigenvalue weighted by molar-refractivity contribution is 7.21. The van der Waals surface area contributed by atoms with Crippen molar-refractivity contribution < 1.29 is 4.79 Å². The molecule has 1 atom stereocenters. The Bertz CT molecular complexity index is 999. The molecular weight excluding hydrogens is 358 g/mol. The number of anilines is 1. The molecule has 4 heterocycles. The predicted octanol–water partition coefficient (Wildman–Crippen LogP) is 3.28. The predicted molar refractivity (Wildman–Crippen MR) is 109 cm³/mol. The molecule has 7 heteroatoms. The second-order valence-corrected chi connectivity index (χ2v) is 7.91. The van der Waals surface area contributed by atoms with Crippen molar-refractivity contribution in [3.05, 3.63) is 52.3 Å². The number of hydrogen-bond acceptors (Lipinski definition) is 6. The van der Waals surface area contributed by atoms with Gasteiger partial charge in [-0.3, -0.25) is 14.7 Å². The van der Waals surface area contributed by atoms with Gasteiger partial charge in [-0.2, -0.15) is 0 Å². The first-order chi connectivity index (χ1) is 13.1. The third kappa shape index (κ3) is 3.40. The van der Waals surface area contributed by atoms with Crippen LogP contribution in [0.3, 0.4) is 0 Å². The number of carbonyl (C=O) groups is 1. The van der Waals surface area contributed by atoms with Gasteiger partial charge < -0.3 is 11.1 Å². The summed E-state index contributed by atoms with van der Waals surface area (Å²) >= 11 is 1.36. The maximum atomic E-state index is 12.0. The smallest absolute Gasteiger partial charge is 0.263 e. The van der Waals surface area contributed by atoms with Crippen LogP contribution in [0.4, 0.5) is 5.69 Å². The molecule has 1 fully saturated rings. The molecule has 0 radical (unpaired) electrons. The number of nitrogens with two attached hydrogens (primary N) is 1. The zero-order chi connectivity index (χ0) is 19.0. The summed E-state index contributed by atoms with van der Waals surface area (Å²) in [6.07, 6.45) is 2.22. The van der Waals surface area contributed by atoms with Gasteiger partial charge in [-0.15, -0.1) is 11.3 Å². The highest BCUT2D eigenvalue weighted by atomic mass is 32.1. The zero-order valence-corrected chi connectivity index (χ0v) is 16.3. The van der Waals surface area contributed by atoms with Gasteiger partial charge in [-0.05, 0) is 50.6 Å². The monoisotopic (exact) mass is 381 g/mol. The number of nitrogens with zero attached hydrogens (tertiary/aromatic N) is 3. The molecule has 4 rings (SSSR count). The van der Waals surface area contributed by atoms with Crippen LogP contribution >= 0.6 is 11.3 Å². The summed E-state index contributed by atoms with van der Waals surface area (Å²) in [5.41, 5.74) is 9.84. The van der Waals surface area contributed by atoms with Crippen molar-refractivity contribution >= 4 is 33.1 Å². The number of aromatic nitrogens is 2. The first kappa shape index (κ1) is 17.9. The topological polar surface area (TPSA) is 84.1 Å². The van der Waals surface area contributed by atoms with E-state index >= 15 is 0 Å². The number of hydrogen-bond donors (Lipinski definition) is 2. The molecule has 3 aromatic rings. The largest absolute Gasteiger partial charge is 0.397 e. The molecule has 140 valence electrons. The van der Waals surface area contributed by atoms with Crippen LogP contribution in [0.1, 0.15) is 45.6 Å². The summed E-state index contributed by atoms with van der Waals surface area (Å²) in [7, 11) is 1.61. The summed E-state index contributed by atoms with van der Waals surface area (Å²) in [6, 6.07) is 10.5. The van der Waals surface area contributed by atoms with Crippen LogP contribution < -0.4 is 11.1 Å². The van der Waals surface area contributed by atoms with E-state index in [-0.39, 0.29) is 11.9 Å².